The molecule has 0 N–H and O–H groups in total. The van der Waals surface area contributed by atoms with Crippen molar-refractivity contribution in [3.63, 3.8) is 0 Å². The van der Waals surface area contributed by atoms with Crippen LogP contribution in [0.4, 0.5) is 11.4 Å². The van der Waals surface area contributed by atoms with Gasteiger partial charge in [0.25, 0.3) is 11.6 Å². The quantitative estimate of drug-likeness (QED) is 0.380. The molecular weight excluding hydrogens is 442 g/mol. The molecule has 34 heavy (non-hydrogen) atoms. The Bertz CT molecular complexity index is 993. The molecule has 2 aromatic carbocycles. The van der Waals surface area contributed by atoms with Crippen LogP contribution in [0, 0.1) is 10.1 Å². The molecule has 0 spiro atoms. The molecule has 3 rings (SSSR count). The minimum Gasteiger partial charge on any atom is -0.496 e. The van der Waals surface area contributed by atoms with Gasteiger partial charge in [0.2, 0.25) is 5.75 Å². The van der Waals surface area contributed by atoms with Gasteiger partial charge in [-0.2, -0.15) is 0 Å². The molecule has 2 aromatic rings. The monoisotopic (exact) mass is 473 g/mol. The summed E-state index contributed by atoms with van der Waals surface area (Å²) >= 11 is 0. The van der Waals surface area contributed by atoms with E-state index in [-0.39, 0.29) is 11.6 Å². The zero-order valence-electron chi connectivity index (χ0n) is 20.0. The number of carbonyl (C=O) groups excluding carboxylic acids is 1. The Morgan fingerprint density at radius 3 is 2.03 bits per heavy atom. The van der Waals surface area contributed by atoms with Crippen LogP contribution in [0.3, 0.4) is 0 Å². The maximum atomic E-state index is 13.3. The van der Waals surface area contributed by atoms with Crippen LogP contribution in [0.5, 0.6) is 23.0 Å². The second-order valence-electron chi connectivity index (χ2n) is 7.49. The lowest BCUT2D eigenvalue weighted by Crippen LogP contribution is -2.49. The summed E-state index contributed by atoms with van der Waals surface area (Å²) in [4.78, 5) is 28.1. The number of benzene rings is 2. The molecule has 1 heterocycles. The molecule has 1 fully saturated rings. The lowest BCUT2D eigenvalue weighted by Gasteiger charge is -2.36. The molecule has 10 heteroatoms. The van der Waals surface area contributed by atoms with Gasteiger partial charge in [-0.1, -0.05) is 0 Å². The van der Waals surface area contributed by atoms with Crippen molar-refractivity contribution in [2.75, 3.05) is 58.0 Å². The zero-order valence-corrected chi connectivity index (χ0v) is 20.0. The van der Waals surface area contributed by atoms with Crippen LogP contribution in [0.15, 0.2) is 30.3 Å². The summed E-state index contributed by atoms with van der Waals surface area (Å²) in [6, 6.07) is 8.16. The first kappa shape index (κ1) is 24.9. The Labute approximate surface area is 199 Å². The van der Waals surface area contributed by atoms with E-state index in [1.54, 1.807) is 29.2 Å². The number of anilines is 1. The van der Waals surface area contributed by atoms with Crippen LogP contribution in [0.25, 0.3) is 0 Å². The summed E-state index contributed by atoms with van der Waals surface area (Å²) in [5.74, 6) is 1.68. The normalized spacial score (nSPS) is 13.4. The number of hydrogen-bond donors (Lipinski definition) is 0. The average molecular weight is 474 g/mol. The molecule has 1 aliphatic heterocycles. The van der Waals surface area contributed by atoms with Gasteiger partial charge < -0.3 is 28.7 Å². The van der Waals surface area contributed by atoms with Crippen molar-refractivity contribution in [1.82, 2.24) is 4.90 Å². The van der Waals surface area contributed by atoms with Crippen molar-refractivity contribution in [2.45, 2.75) is 20.8 Å². The van der Waals surface area contributed by atoms with E-state index in [4.69, 9.17) is 18.9 Å². The third-order valence-electron chi connectivity index (χ3n) is 5.44. The summed E-state index contributed by atoms with van der Waals surface area (Å²) in [5.41, 5.74) is 0.934. The van der Waals surface area contributed by atoms with E-state index in [2.05, 4.69) is 0 Å². The second kappa shape index (κ2) is 11.4. The molecule has 10 nitrogen and oxygen atoms in total. The number of carbonyl (C=O) groups is 1. The highest BCUT2D eigenvalue weighted by Crippen LogP contribution is 2.39. The summed E-state index contributed by atoms with van der Waals surface area (Å²) in [5, 5.41) is 11.6. The van der Waals surface area contributed by atoms with Gasteiger partial charge in [0.05, 0.1) is 37.9 Å². The van der Waals surface area contributed by atoms with E-state index in [0.29, 0.717) is 80.2 Å². The Morgan fingerprint density at radius 1 is 0.941 bits per heavy atom. The minimum atomic E-state index is -0.417. The highest BCUT2D eigenvalue weighted by molar-refractivity contribution is 5.96. The zero-order chi connectivity index (χ0) is 24.7. The highest BCUT2D eigenvalue weighted by atomic mass is 16.6. The summed E-state index contributed by atoms with van der Waals surface area (Å²) < 4.78 is 22.3. The molecule has 0 aliphatic carbocycles. The average Bonchev–Trinajstić information content (AvgIpc) is 2.85. The van der Waals surface area contributed by atoms with E-state index in [1.165, 1.54) is 13.2 Å². The van der Waals surface area contributed by atoms with E-state index < -0.39 is 4.92 Å². The number of ether oxygens (including phenoxy) is 4. The molecule has 0 unspecified atom stereocenters. The molecule has 0 aromatic heterocycles. The number of methoxy groups -OCH3 is 1. The Morgan fingerprint density at radius 2 is 1.53 bits per heavy atom. The minimum absolute atomic E-state index is 0.0200. The first-order chi connectivity index (χ1) is 16.4. The van der Waals surface area contributed by atoms with Crippen molar-refractivity contribution in [3.05, 3.63) is 46.0 Å². The molecule has 1 aliphatic rings. The number of nitro groups is 1. The molecule has 0 bridgehead atoms. The van der Waals surface area contributed by atoms with E-state index in [9.17, 15) is 14.9 Å². The molecular formula is C24H31N3O7. The SMILES string of the molecule is CCOc1cc(C(=O)N2CCN(c3ccc(OC)cc3[N+](=O)[O-])CC2)cc(OCC)c1OCC. The van der Waals surface area contributed by atoms with Gasteiger partial charge in [-0.15, -0.1) is 0 Å². The fourth-order valence-corrected chi connectivity index (χ4v) is 3.89. The van der Waals surface area contributed by atoms with Crippen LogP contribution in [-0.2, 0) is 0 Å². The molecule has 0 saturated carbocycles. The van der Waals surface area contributed by atoms with E-state index in [0.717, 1.165) is 0 Å². The van der Waals surface area contributed by atoms with Crippen LogP contribution < -0.4 is 23.8 Å². The first-order valence-corrected chi connectivity index (χ1v) is 11.4. The highest BCUT2D eigenvalue weighted by Gasteiger charge is 2.28. The van der Waals surface area contributed by atoms with Gasteiger partial charge in [-0.05, 0) is 45.0 Å². The van der Waals surface area contributed by atoms with Gasteiger partial charge in [0, 0.05) is 31.7 Å². The number of nitro benzene ring substituents is 1. The number of amides is 1. The van der Waals surface area contributed by atoms with Crippen molar-refractivity contribution >= 4 is 17.3 Å². The molecule has 1 amide bonds. The van der Waals surface area contributed by atoms with Gasteiger partial charge in [-0.25, -0.2) is 0 Å². The largest absolute Gasteiger partial charge is 0.496 e. The smallest absolute Gasteiger partial charge is 0.296 e. The van der Waals surface area contributed by atoms with Gasteiger partial charge in [-0.3, -0.25) is 14.9 Å². The Kier molecular flexibility index (Phi) is 8.39. The van der Waals surface area contributed by atoms with Gasteiger partial charge in [0.15, 0.2) is 11.5 Å². The van der Waals surface area contributed by atoms with Crippen molar-refractivity contribution in [1.29, 1.82) is 0 Å². The van der Waals surface area contributed by atoms with Gasteiger partial charge in [0.1, 0.15) is 11.4 Å². The Hall–Kier alpha value is -3.69. The topological polar surface area (TPSA) is 104 Å². The van der Waals surface area contributed by atoms with Gasteiger partial charge >= 0.3 is 0 Å². The van der Waals surface area contributed by atoms with E-state index in [1.807, 2.05) is 25.7 Å². The summed E-state index contributed by atoms with van der Waals surface area (Å²) in [6.07, 6.45) is 0. The van der Waals surface area contributed by atoms with E-state index >= 15 is 0 Å². The van der Waals surface area contributed by atoms with Crippen molar-refractivity contribution in [3.8, 4) is 23.0 Å². The number of hydrogen-bond acceptors (Lipinski definition) is 8. The Balaban J connectivity index is 1.80. The number of piperazine rings is 1. The fraction of sp³-hybridized carbons (Fsp3) is 0.458. The fourth-order valence-electron chi connectivity index (χ4n) is 3.89. The lowest BCUT2D eigenvalue weighted by atomic mass is 10.1. The third-order valence-corrected chi connectivity index (χ3v) is 5.44. The lowest BCUT2D eigenvalue weighted by molar-refractivity contribution is -0.384. The first-order valence-electron chi connectivity index (χ1n) is 11.4. The molecule has 184 valence electrons. The second-order valence-corrected chi connectivity index (χ2v) is 7.49. The summed E-state index contributed by atoms with van der Waals surface area (Å²) in [7, 11) is 1.47. The van der Waals surface area contributed by atoms with Crippen LogP contribution in [0.1, 0.15) is 31.1 Å². The summed E-state index contributed by atoms with van der Waals surface area (Å²) in [6.45, 7) is 8.64. The molecule has 1 saturated heterocycles. The van der Waals surface area contributed by atoms with Crippen LogP contribution >= 0.6 is 0 Å². The predicted molar refractivity (Wildman–Crippen MR) is 128 cm³/mol. The third kappa shape index (κ3) is 5.44. The molecule has 0 atom stereocenters. The maximum Gasteiger partial charge on any atom is 0.296 e. The van der Waals surface area contributed by atoms with Crippen LogP contribution in [0.2, 0.25) is 0 Å². The number of rotatable bonds is 10. The van der Waals surface area contributed by atoms with Crippen molar-refractivity contribution in [2.24, 2.45) is 0 Å². The van der Waals surface area contributed by atoms with Crippen LogP contribution in [-0.4, -0.2) is 68.8 Å². The van der Waals surface area contributed by atoms with Crippen molar-refractivity contribution < 1.29 is 28.7 Å². The standard InChI is InChI=1S/C24H31N3O7/c1-5-32-21-14-17(15-22(33-6-2)23(21)34-7-3)24(28)26-12-10-25(11-13-26)19-9-8-18(31-4)16-20(19)27(29)30/h8-9,14-16H,5-7,10-13H2,1-4H3. The number of nitrogens with zero attached hydrogens (tertiary/aromatic N) is 3. The predicted octanol–water partition coefficient (Wildman–Crippen LogP) is 3.76. The maximum absolute atomic E-state index is 13.3. The molecule has 0 radical (unpaired) electrons.